The monoisotopic (exact) mass is 481 g/mol. The Morgan fingerprint density at radius 3 is 2.85 bits per heavy atom. The summed E-state index contributed by atoms with van der Waals surface area (Å²) < 4.78 is 31.2. The van der Waals surface area contributed by atoms with E-state index < -0.39 is 12.5 Å². The van der Waals surface area contributed by atoms with E-state index in [0.29, 0.717) is 17.5 Å². The number of hydrogen-bond acceptors (Lipinski definition) is 6. The zero-order valence-corrected chi connectivity index (χ0v) is 20.1. The number of hydrogen-bond donors (Lipinski definition) is 2. The number of aryl methyl sites for hydroxylation is 1. The standard InChI is InChI=1S/C23H33F2N5O2S/c1-15-11-18(29-28-15)12-21(31)26-17-5-3-16(4-6-17)7-9-30-10-8-20-19(13-30)27-22(33-20)32-14-23(2,24)25/h11,16-17H,3-10,12-14H2,1-2H3,(H,26,31)(H,28,29). The molecule has 0 bridgehead atoms. The molecular weight excluding hydrogens is 448 g/mol. The van der Waals surface area contributed by atoms with Crippen molar-refractivity contribution in [1.29, 1.82) is 0 Å². The summed E-state index contributed by atoms with van der Waals surface area (Å²) in [4.78, 5) is 20.3. The Balaban J connectivity index is 1.15. The van der Waals surface area contributed by atoms with E-state index in [1.165, 1.54) is 11.3 Å². The first-order chi connectivity index (χ1) is 15.7. The molecule has 3 heterocycles. The van der Waals surface area contributed by atoms with Crippen LogP contribution in [0.3, 0.4) is 0 Å². The van der Waals surface area contributed by atoms with Gasteiger partial charge >= 0.3 is 0 Å². The third kappa shape index (κ3) is 7.20. The van der Waals surface area contributed by atoms with Crippen molar-refractivity contribution in [1.82, 2.24) is 25.4 Å². The SMILES string of the molecule is Cc1cc(CC(=O)NC2CCC(CCN3CCc4sc(OCC(C)(F)F)nc4C3)CC2)n[nH]1. The van der Waals surface area contributed by atoms with Gasteiger partial charge in [-0.2, -0.15) is 5.10 Å². The first kappa shape index (κ1) is 24.1. The zero-order chi connectivity index (χ0) is 23.4. The average Bonchev–Trinajstić information content (AvgIpc) is 3.36. The number of carbonyl (C=O) groups excluding carboxylic acids is 1. The molecule has 33 heavy (non-hydrogen) atoms. The zero-order valence-electron chi connectivity index (χ0n) is 19.3. The van der Waals surface area contributed by atoms with Crippen LogP contribution < -0.4 is 10.1 Å². The molecule has 1 aliphatic heterocycles. The average molecular weight is 482 g/mol. The van der Waals surface area contributed by atoms with Crippen LogP contribution in [-0.2, 0) is 24.2 Å². The second-order valence-corrected chi connectivity index (χ2v) is 10.6. The maximum atomic E-state index is 13.0. The first-order valence-corrected chi connectivity index (χ1v) is 12.6. The minimum atomic E-state index is -2.85. The van der Waals surface area contributed by atoms with Crippen molar-refractivity contribution in [2.45, 2.75) is 77.3 Å². The summed E-state index contributed by atoms with van der Waals surface area (Å²) in [6, 6.07) is 2.17. The van der Waals surface area contributed by atoms with Gasteiger partial charge in [0.2, 0.25) is 5.91 Å². The van der Waals surface area contributed by atoms with Gasteiger partial charge in [0.05, 0.1) is 17.8 Å². The molecule has 182 valence electrons. The molecule has 1 fully saturated rings. The number of thiazole rings is 1. The molecule has 7 nitrogen and oxygen atoms in total. The van der Waals surface area contributed by atoms with Crippen LogP contribution in [0, 0.1) is 12.8 Å². The normalized spacial score (nSPS) is 21.6. The van der Waals surface area contributed by atoms with Gasteiger partial charge in [-0.3, -0.25) is 14.8 Å². The van der Waals surface area contributed by atoms with Gasteiger partial charge in [-0.15, -0.1) is 0 Å². The number of carbonyl (C=O) groups is 1. The molecule has 10 heteroatoms. The van der Waals surface area contributed by atoms with Crippen LogP contribution in [0.1, 0.15) is 61.0 Å². The van der Waals surface area contributed by atoms with Crippen LogP contribution >= 0.6 is 11.3 Å². The molecule has 1 saturated carbocycles. The van der Waals surface area contributed by atoms with Crippen molar-refractivity contribution in [2.24, 2.45) is 5.92 Å². The highest BCUT2D eigenvalue weighted by Crippen LogP contribution is 2.32. The van der Waals surface area contributed by atoms with Gasteiger partial charge in [-0.1, -0.05) is 11.3 Å². The number of nitrogens with zero attached hydrogens (tertiary/aromatic N) is 3. The van der Waals surface area contributed by atoms with Gasteiger partial charge < -0.3 is 10.1 Å². The van der Waals surface area contributed by atoms with Crippen LogP contribution in [0.4, 0.5) is 8.78 Å². The molecule has 0 aromatic carbocycles. The van der Waals surface area contributed by atoms with Gasteiger partial charge in [-0.05, 0) is 64.0 Å². The van der Waals surface area contributed by atoms with E-state index in [0.717, 1.165) is 87.0 Å². The van der Waals surface area contributed by atoms with Crippen LogP contribution in [-0.4, -0.2) is 57.6 Å². The lowest BCUT2D eigenvalue weighted by Gasteiger charge is -2.32. The van der Waals surface area contributed by atoms with Gasteiger partial charge in [0.15, 0.2) is 6.61 Å². The van der Waals surface area contributed by atoms with E-state index in [1.54, 1.807) is 0 Å². The second kappa shape index (κ2) is 10.5. The highest BCUT2D eigenvalue weighted by Gasteiger charge is 2.27. The minimum Gasteiger partial charge on any atom is -0.464 e. The van der Waals surface area contributed by atoms with Crippen molar-refractivity contribution in [3.05, 3.63) is 28.0 Å². The Labute approximate surface area is 197 Å². The highest BCUT2D eigenvalue weighted by molar-refractivity contribution is 7.13. The van der Waals surface area contributed by atoms with Gasteiger partial charge in [0.25, 0.3) is 11.1 Å². The fourth-order valence-electron chi connectivity index (χ4n) is 4.64. The summed E-state index contributed by atoms with van der Waals surface area (Å²) >= 11 is 1.40. The van der Waals surface area contributed by atoms with Crippen LogP contribution in [0.25, 0.3) is 0 Å². The van der Waals surface area contributed by atoms with Gasteiger partial charge in [0, 0.05) is 36.6 Å². The maximum Gasteiger partial charge on any atom is 0.278 e. The molecule has 2 aromatic rings. The lowest BCUT2D eigenvalue weighted by Crippen LogP contribution is -2.39. The largest absolute Gasteiger partial charge is 0.464 e. The number of amides is 1. The molecule has 2 aromatic heterocycles. The molecule has 1 aliphatic carbocycles. The molecule has 0 radical (unpaired) electrons. The summed E-state index contributed by atoms with van der Waals surface area (Å²) in [6.45, 7) is 4.89. The van der Waals surface area contributed by atoms with E-state index in [4.69, 9.17) is 4.74 Å². The Morgan fingerprint density at radius 2 is 2.15 bits per heavy atom. The third-order valence-corrected chi connectivity index (χ3v) is 7.47. The number of alkyl halides is 2. The lowest BCUT2D eigenvalue weighted by atomic mass is 9.84. The Kier molecular flexibility index (Phi) is 7.63. The molecule has 2 aliphatic rings. The van der Waals surface area contributed by atoms with E-state index in [1.807, 2.05) is 13.0 Å². The number of aromatic amines is 1. The fraction of sp³-hybridized carbons (Fsp3) is 0.696. The first-order valence-electron chi connectivity index (χ1n) is 11.8. The Bertz CT molecular complexity index is 934. The van der Waals surface area contributed by atoms with Crippen LogP contribution in [0.2, 0.25) is 0 Å². The maximum absolute atomic E-state index is 13.0. The second-order valence-electron chi connectivity index (χ2n) is 9.53. The van der Waals surface area contributed by atoms with E-state index >= 15 is 0 Å². The topological polar surface area (TPSA) is 83.1 Å². The number of aromatic nitrogens is 3. The molecule has 0 unspecified atom stereocenters. The predicted molar refractivity (Wildman–Crippen MR) is 123 cm³/mol. The van der Waals surface area contributed by atoms with E-state index in [9.17, 15) is 13.6 Å². The van der Waals surface area contributed by atoms with E-state index in [2.05, 4.69) is 25.4 Å². The molecule has 0 atom stereocenters. The van der Waals surface area contributed by atoms with Crippen molar-refractivity contribution in [2.75, 3.05) is 19.7 Å². The smallest absolute Gasteiger partial charge is 0.278 e. The number of ether oxygens (including phenoxy) is 1. The third-order valence-electron chi connectivity index (χ3n) is 6.40. The van der Waals surface area contributed by atoms with Crippen LogP contribution in [0.15, 0.2) is 6.07 Å². The minimum absolute atomic E-state index is 0.0448. The summed E-state index contributed by atoms with van der Waals surface area (Å²) in [5.41, 5.74) is 2.72. The van der Waals surface area contributed by atoms with Crippen LogP contribution in [0.5, 0.6) is 5.19 Å². The molecule has 0 spiro atoms. The molecule has 1 amide bonds. The quantitative estimate of drug-likeness (QED) is 0.568. The number of nitrogens with one attached hydrogen (secondary N) is 2. The summed E-state index contributed by atoms with van der Waals surface area (Å²) in [5, 5.41) is 10.5. The van der Waals surface area contributed by atoms with Crippen molar-refractivity contribution in [3.8, 4) is 5.19 Å². The summed E-state index contributed by atoms with van der Waals surface area (Å²) in [7, 11) is 0. The highest BCUT2D eigenvalue weighted by atomic mass is 32.1. The Hall–Kier alpha value is -2.07. The summed E-state index contributed by atoms with van der Waals surface area (Å²) in [5.74, 6) is -2.13. The van der Waals surface area contributed by atoms with Gasteiger partial charge in [-0.25, -0.2) is 13.8 Å². The van der Waals surface area contributed by atoms with Crippen molar-refractivity contribution in [3.63, 3.8) is 0 Å². The van der Waals surface area contributed by atoms with Crippen molar-refractivity contribution >= 4 is 17.2 Å². The predicted octanol–water partition coefficient (Wildman–Crippen LogP) is 3.87. The van der Waals surface area contributed by atoms with Crippen molar-refractivity contribution < 1.29 is 18.3 Å². The van der Waals surface area contributed by atoms with Gasteiger partial charge in [0.1, 0.15) is 0 Å². The molecule has 0 saturated heterocycles. The number of H-pyrrole nitrogens is 1. The molecular formula is C23H33F2N5O2S. The Morgan fingerprint density at radius 1 is 1.36 bits per heavy atom. The lowest BCUT2D eigenvalue weighted by molar-refractivity contribution is -0.121. The molecule has 2 N–H and O–H groups in total. The number of fused-ring (bicyclic) bond motifs is 1. The van der Waals surface area contributed by atoms with E-state index in [-0.39, 0.29) is 11.9 Å². The summed E-state index contributed by atoms with van der Waals surface area (Å²) in [6.07, 6.45) is 6.66. The number of rotatable bonds is 9. The fourth-order valence-corrected chi connectivity index (χ4v) is 5.54. The molecule has 4 rings (SSSR count). The number of halogens is 2.